The summed E-state index contributed by atoms with van der Waals surface area (Å²) in [5.74, 6) is 1.78. The van der Waals surface area contributed by atoms with Crippen molar-refractivity contribution in [2.75, 3.05) is 6.61 Å². The minimum Gasteiger partial charge on any atom is -0.477 e. The lowest BCUT2D eigenvalue weighted by atomic mass is 10.1. The summed E-state index contributed by atoms with van der Waals surface area (Å²) in [5.41, 5.74) is 0.791. The van der Waals surface area contributed by atoms with Gasteiger partial charge in [-0.1, -0.05) is 25.4 Å². The number of ether oxygens (including phenoxy) is 1. The molecule has 0 aliphatic heterocycles. The summed E-state index contributed by atoms with van der Waals surface area (Å²) in [6.45, 7) is 6.91. The minimum atomic E-state index is 0.411. The van der Waals surface area contributed by atoms with Gasteiger partial charge in [-0.3, -0.25) is 0 Å². The lowest BCUT2D eigenvalue weighted by molar-refractivity contribution is 0.278. The van der Waals surface area contributed by atoms with Crippen LogP contribution in [0.25, 0.3) is 5.78 Å². The Morgan fingerprint density at radius 2 is 2.22 bits per heavy atom. The normalized spacial score (nSPS) is 11.4. The van der Waals surface area contributed by atoms with E-state index in [1.54, 1.807) is 4.52 Å². The number of aromatic nitrogens is 4. The highest BCUT2D eigenvalue weighted by Crippen LogP contribution is 2.24. The number of nitrogens with zero attached hydrogens (tertiary/aromatic N) is 4. The highest BCUT2D eigenvalue weighted by Gasteiger charge is 2.13. The van der Waals surface area contributed by atoms with E-state index < -0.39 is 0 Å². The summed E-state index contributed by atoms with van der Waals surface area (Å²) in [6.07, 6.45) is 3.59. The molecule has 0 radical (unpaired) electrons. The first-order valence-electron chi connectivity index (χ1n) is 6.08. The van der Waals surface area contributed by atoms with Gasteiger partial charge in [0.05, 0.1) is 6.61 Å². The number of fused-ring (bicyclic) bond motifs is 1. The predicted octanol–water partition coefficient (Wildman–Crippen LogP) is 2.90. The standard InChI is InChI=1S/C12H17ClN4O/c1-8(2)5-4-6-18-11-9(3)10(13)16-12-14-7-15-17(11)12/h7-8H,4-6H2,1-3H3. The topological polar surface area (TPSA) is 52.3 Å². The van der Waals surface area contributed by atoms with E-state index in [0.29, 0.717) is 29.3 Å². The molecule has 0 aromatic carbocycles. The van der Waals surface area contributed by atoms with Gasteiger partial charge in [-0.15, -0.1) is 0 Å². The van der Waals surface area contributed by atoms with Crippen molar-refractivity contribution in [3.63, 3.8) is 0 Å². The highest BCUT2D eigenvalue weighted by atomic mass is 35.5. The number of halogens is 1. The van der Waals surface area contributed by atoms with Gasteiger partial charge in [0.1, 0.15) is 11.5 Å². The fourth-order valence-corrected chi connectivity index (χ4v) is 1.86. The van der Waals surface area contributed by atoms with Crippen LogP contribution in [0.15, 0.2) is 6.33 Å². The largest absolute Gasteiger partial charge is 0.477 e. The predicted molar refractivity (Wildman–Crippen MR) is 70.1 cm³/mol. The first kappa shape index (κ1) is 13.1. The second-order valence-electron chi connectivity index (χ2n) is 4.69. The molecule has 0 saturated heterocycles. The molecular weight excluding hydrogens is 252 g/mol. The maximum absolute atomic E-state index is 6.04. The molecule has 18 heavy (non-hydrogen) atoms. The van der Waals surface area contributed by atoms with E-state index >= 15 is 0 Å². The zero-order valence-corrected chi connectivity index (χ0v) is 11.6. The molecule has 2 aromatic rings. The molecule has 0 aliphatic carbocycles. The summed E-state index contributed by atoms with van der Waals surface area (Å²) in [4.78, 5) is 8.14. The smallest absolute Gasteiger partial charge is 0.256 e. The van der Waals surface area contributed by atoms with Crippen molar-refractivity contribution in [1.29, 1.82) is 0 Å². The van der Waals surface area contributed by atoms with Gasteiger partial charge in [-0.05, 0) is 25.7 Å². The molecule has 98 valence electrons. The van der Waals surface area contributed by atoms with Gasteiger partial charge in [0.2, 0.25) is 5.88 Å². The van der Waals surface area contributed by atoms with Gasteiger partial charge in [0, 0.05) is 5.56 Å². The molecule has 0 amide bonds. The Balaban J connectivity index is 2.16. The van der Waals surface area contributed by atoms with Crippen molar-refractivity contribution in [2.45, 2.75) is 33.6 Å². The molecule has 5 nitrogen and oxygen atoms in total. The van der Waals surface area contributed by atoms with Crippen molar-refractivity contribution in [3.05, 3.63) is 17.0 Å². The van der Waals surface area contributed by atoms with Crippen LogP contribution in [0, 0.1) is 12.8 Å². The Labute approximate surface area is 111 Å². The summed E-state index contributed by atoms with van der Waals surface area (Å²) >= 11 is 6.04. The molecule has 0 atom stereocenters. The molecular formula is C12H17ClN4O. The highest BCUT2D eigenvalue weighted by molar-refractivity contribution is 6.30. The maximum atomic E-state index is 6.04. The van der Waals surface area contributed by atoms with E-state index in [4.69, 9.17) is 16.3 Å². The lowest BCUT2D eigenvalue weighted by Gasteiger charge is -2.11. The van der Waals surface area contributed by atoms with Gasteiger partial charge in [-0.25, -0.2) is 0 Å². The van der Waals surface area contributed by atoms with Crippen LogP contribution < -0.4 is 4.74 Å². The van der Waals surface area contributed by atoms with E-state index in [1.807, 2.05) is 6.92 Å². The van der Waals surface area contributed by atoms with Crippen LogP contribution in [0.1, 0.15) is 32.3 Å². The second-order valence-corrected chi connectivity index (χ2v) is 5.05. The van der Waals surface area contributed by atoms with Crippen LogP contribution in [-0.2, 0) is 0 Å². The Hall–Kier alpha value is -1.36. The van der Waals surface area contributed by atoms with E-state index in [9.17, 15) is 0 Å². The monoisotopic (exact) mass is 268 g/mol. The van der Waals surface area contributed by atoms with Gasteiger partial charge < -0.3 is 4.74 Å². The maximum Gasteiger partial charge on any atom is 0.256 e. The summed E-state index contributed by atoms with van der Waals surface area (Å²) in [5, 5.41) is 4.51. The lowest BCUT2D eigenvalue weighted by Crippen LogP contribution is -2.07. The molecule has 0 saturated carbocycles. The molecule has 0 unspecified atom stereocenters. The average molecular weight is 269 g/mol. The van der Waals surface area contributed by atoms with E-state index in [0.717, 1.165) is 18.4 Å². The summed E-state index contributed by atoms with van der Waals surface area (Å²) in [6, 6.07) is 0. The van der Waals surface area contributed by atoms with Gasteiger partial charge in [0.25, 0.3) is 5.78 Å². The Morgan fingerprint density at radius 3 is 2.94 bits per heavy atom. The van der Waals surface area contributed by atoms with Crippen molar-refractivity contribution in [2.24, 2.45) is 5.92 Å². The van der Waals surface area contributed by atoms with Crippen LogP contribution in [0.2, 0.25) is 5.15 Å². The van der Waals surface area contributed by atoms with Crippen LogP contribution in [-0.4, -0.2) is 26.2 Å². The first-order chi connectivity index (χ1) is 8.59. The van der Waals surface area contributed by atoms with Crippen molar-refractivity contribution in [3.8, 4) is 5.88 Å². The van der Waals surface area contributed by atoms with Gasteiger partial charge in [-0.2, -0.15) is 19.6 Å². The number of rotatable bonds is 5. The Bertz CT molecular complexity index is 538. The quantitative estimate of drug-likeness (QED) is 0.618. The van der Waals surface area contributed by atoms with E-state index in [1.165, 1.54) is 6.33 Å². The van der Waals surface area contributed by atoms with E-state index in [2.05, 4.69) is 28.9 Å². The molecule has 2 rings (SSSR count). The van der Waals surface area contributed by atoms with Crippen molar-refractivity contribution in [1.82, 2.24) is 19.6 Å². The fourth-order valence-electron chi connectivity index (χ4n) is 1.70. The molecule has 2 aromatic heterocycles. The molecule has 0 bridgehead atoms. The third-order valence-electron chi connectivity index (χ3n) is 2.72. The zero-order valence-electron chi connectivity index (χ0n) is 10.9. The van der Waals surface area contributed by atoms with Crippen LogP contribution in [0.5, 0.6) is 5.88 Å². The van der Waals surface area contributed by atoms with Gasteiger partial charge >= 0.3 is 0 Å². The molecule has 6 heteroatoms. The van der Waals surface area contributed by atoms with Crippen molar-refractivity contribution < 1.29 is 4.74 Å². The third kappa shape index (κ3) is 2.72. The molecule has 0 spiro atoms. The summed E-state index contributed by atoms with van der Waals surface area (Å²) in [7, 11) is 0. The van der Waals surface area contributed by atoms with Crippen LogP contribution in [0.4, 0.5) is 0 Å². The minimum absolute atomic E-state index is 0.411. The van der Waals surface area contributed by atoms with Gasteiger partial charge in [0.15, 0.2) is 0 Å². The zero-order chi connectivity index (χ0) is 13.1. The van der Waals surface area contributed by atoms with Crippen LogP contribution >= 0.6 is 11.6 Å². The summed E-state index contributed by atoms with van der Waals surface area (Å²) < 4.78 is 7.36. The number of hydrogen-bond donors (Lipinski definition) is 0. The molecule has 2 heterocycles. The average Bonchev–Trinajstić information content (AvgIpc) is 2.76. The molecule has 0 N–H and O–H groups in total. The first-order valence-corrected chi connectivity index (χ1v) is 6.46. The van der Waals surface area contributed by atoms with Crippen LogP contribution in [0.3, 0.4) is 0 Å². The third-order valence-corrected chi connectivity index (χ3v) is 3.08. The number of hydrogen-bond acceptors (Lipinski definition) is 4. The molecule has 0 fully saturated rings. The van der Waals surface area contributed by atoms with Crippen molar-refractivity contribution >= 4 is 17.4 Å². The molecule has 0 aliphatic rings. The second kappa shape index (κ2) is 5.52. The fraction of sp³-hybridized carbons (Fsp3) is 0.583. The SMILES string of the molecule is Cc1c(Cl)nc2ncnn2c1OCCCC(C)C. The Morgan fingerprint density at radius 1 is 1.44 bits per heavy atom. The van der Waals surface area contributed by atoms with E-state index in [-0.39, 0.29) is 0 Å². The Kier molecular flexibility index (Phi) is 4.01.